The third-order valence-corrected chi connectivity index (χ3v) is 6.45. The van der Waals surface area contributed by atoms with E-state index >= 15 is 0 Å². The van der Waals surface area contributed by atoms with Crippen LogP contribution in [0.2, 0.25) is 0 Å². The van der Waals surface area contributed by atoms with Crippen LogP contribution in [-0.4, -0.2) is 29.8 Å². The smallest absolute Gasteiger partial charge is 0.152 e. The summed E-state index contributed by atoms with van der Waals surface area (Å²) < 4.78 is 0. The molecule has 1 saturated heterocycles. The summed E-state index contributed by atoms with van der Waals surface area (Å²) in [5.74, 6) is 0.875. The number of carbonyl (C=O) groups is 1. The lowest BCUT2D eigenvalue weighted by atomic mass is 9.88. The number of hydrogen-bond acceptors (Lipinski definition) is 2. The van der Waals surface area contributed by atoms with Crippen molar-refractivity contribution in [3.05, 3.63) is 76.9 Å². The van der Waals surface area contributed by atoms with Gasteiger partial charge in [-0.2, -0.15) is 0 Å². The number of likely N-dealkylation sites (tertiary alicyclic amines) is 1. The number of nitrogens with zero attached hydrogens (tertiary/aromatic N) is 1. The fourth-order valence-corrected chi connectivity index (χ4v) is 4.38. The highest BCUT2D eigenvalue weighted by atomic mass is 16.1. The first-order chi connectivity index (χ1) is 14.9. The standard InChI is InChI=1S/C17H27N.C12H14O/c1-3-8-17(4-2)18-13-11-16(12-14-18)15-9-6-5-7-10-15;1-9-4-6-12(8-10(9)2)7-5-11(3)13/h5-7,9-10,16-17H,3-4,8,11-14H2,1-2H3;4-8H,1-3H3/b;7-5+. The summed E-state index contributed by atoms with van der Waals surface area (Å²) in [4.78, 5) is 13.4. The Bertz CT molecular complexity index is 816. The first-order valence-corrected chi connectivity index (χ1v) is 12.0. The van der Waals surface area contributed by atoms with E-state index in [1.165, 1.54) is 56.3 Å². The summed E-state index contributed by atoms with van der Waals surface area (Å²) in [6, 6.07) is 18.0. The van der Waals surface area contributed by atoms with Crippen LogP contribution in [0.3, 0.4) is 0 Å². The van der Waals surface area contributed by atoms with E-state index in [2.05, 4.69) is 75.1 Å². The minimum atomic E-state index is 0.0817. The molecule has 1 aliphatic rings. The van der Waals surface area contributed by atoms with Crippen molar-refractivity contribution < 1.29 is 4.79 Å². The van der Waals surface area contributed by atoms with Crippen LogP contribution < -0.4 is 0 Å². The van der Waals surface area contributed by atoms with Crippen LogP contribution in [0.15, 0.2) is 54.6 Å². The minimum absolute atomic E-state index is 0.0817. The molecule has 2 heteroatoms. The molecule has 0 aliphatic carbocycles. The van der Waals surface area contributed by atoms with Crippen molar-refractivity contribution in [2.75, 3.05) is 13.1 Å². The normalized spacial score (nSPS) is 16.0. The Balaban J connectivity index is 0.000000233. The maximum Gasteiger partial charge on any atom is 0.152 e. The molecule has 2 aromatic rings. The molecule has 0 N–H and O–H groups in total. The number of hydrogen-bond donors (Lipinski definition) is 0. The van der Waals surface area contributed by atoms with Gasteiger partial charge in [0.25, 0.3) is 0 Å². The van der Waals surface area contributed by atoms with Crippen molar-refractivity contribution in [2.24, 2.45) is 0 Å². The van der Waals surface area contributed by atoms with E-state index in [0.29, 0.717) is 0 Å². The molecule has 0 spiro atoms. The quantitative estimate of drug-likeness (QED) is 0.437. The zero-order valence-electron chi connectivity index (χ0n) is 20.2. The Labute approximate surface area is 190 Å². The monoisotopic (exact) mass is 419 g/mol. The number of carbonyl (C=O) groups excluding carboxylic acids is 1. The molecular weight excluding hydrogens is 378 g/mol. The van der Waals surface area contributed by atoms with Gasteiger partial charge in [-0.05, 0) is 93.8 Å². The summed E-state index contributed by atoms with van der Waals surface area (Å²) in [6.45, 7) is 12.9. The predicted molar refractivity (Wildman–Crippen MR) is 135 cm³/mol. The summed E-state index contributed by atoms with van der Waals surface area (Å²) in [5, 5.41) is 0. The molecule has 0 saturated carbocycles. The van der Waals surface area contributed by atoms with Crippen LogP contribution in [0, 0.1) is 13.8 Å². The first-order valence-electron chi connectivity index (χ1n) is 12.0. The highest BCUT2D eigenvalue weighted by molar-refractivity contribution is 5.91. The SMILES string of the molecule is CC(=O)/C=C/c1ccc(C)c(C)c1.CCCC(CC)N1CCC(c2ccccc2)CC1. The fraction of sp³-hybridized carbons (Fsp3) is 0.483. The number of benzene rings is 2. The number of piperidine rings is 1. The van der Waals surface area contributed by atoms with Gasteiger partial charge in [0.1, 0.15) is 0 Å². The molecule has 31 heavy (non-hydrogen) atoms. The Morgan fingerprint density at radius 3 is 2.26 bits per heavy atom. The van der Waals surface area contributed by atoms with Gasteiger partial charge >= 0.3 is 0 Å². The summed E-state index contributed by atoms with van der Waals surface area (Å²) >= 11 is 0. The summed E-state index contributed by atoms with van der Waals surface area (Å²) in [5.41, 5.74) is 5.16. The van der Waals surface area contributed by atoms with Crippen LogP contribution in [0.5, 0.6) is 0 Å². The van der Waals surface area contributed by atoms with E-state index in [-0.39, 0.29) is 5.78 Å². The summed E-state index contributed by atoms with van der Waals surface area (Å²) in [6.07, 6.45) is 10.1. The molecule has 1 heterocycles. The predicted octanol–water partition coefficient (Wildman–Crippen LogP) is 7.35. The second kappa shape index (κ2) is 13.3. The maximum atomic E-state index is 10.7. The Morgan fingerprint density at radius 1 is 1.03 bits per heavy atom. The second-order valence-electron chi connectivity index (χ2n) is 8.86. The van der Waals surface area contributed by atoms with Crippen molar-refractivity contribution in [3.63, 3.8) is 0 Å². The Kier molecular flexibility index (Phi) is 10.7. The molecule has 168 valence electrons. The van der Waals surface area contributed by atoms with Gasteiger partial charge in [-0.25, -0.2) is 0 Å². The molecule has 0 amide bonds. The van der Waals surface area contributed by atoms with E-state index in [1.54, 1.807) is 18.6 Å². The summed E-state index contributed by atoms with van der Waals surface area (Å²) in [7, 11) is 0. The van der Waals surface area contributed by atoms with Gasteiger partial charge in [0.15, 0.2) is 5.78 Å². The van der Waals surface area contributed by atoms with Gasteiger partial charge in [-0.15, -0.1) is 0 Å². The zero-order valence-corrected chi connectivity index (χ0v) is 20.2. The molecule has 1 unspecified atom stereocenters. The zero-order chi connectivity index (χ0) is 22.6. The molecule has 0 bridgehead atoms. The average molecular weight is 420 g/mol. The average Bonchev–Trinajstić information content (AvgIpc) is 2.79. The molecule has 0 radical (unpaired) electrons. The fourth-order valence-electron chi connectivity index (χ4n) is 4.38. The van der Waals surface area contributed by atoms with Crippen LogP contribution in [0.4, 0.5) is 0 Å². The van der Waals surface area contributed by atoms with Gasteiger partial charge in [0, 0.05) is 6.04 Å². The number of aryl methyl sites for hydroxylation is 2. The van der Waals surface area contributed by atoms with Gasteiger partial charge in [-0.1, -0.05) is 74.9 Å². The Hall–Kier alpha value is -2.19. The van der Waals surface area contributed by atoms with Crippen molar-refractivity contribution in [1.29, 1.82) is 0 Å². The minimum Gasteiger partial charge on any atom is -0.300 e. The van der Waals surface area contributed by atoms with E-state index in [0.717, 1.165) is 17.5 Å². The second-order valence-corrected chi connectivity index (χ2v) is 8.86. The topological polar surface area (TPSA) is 20.3 Å². The van der Waals surface area contributed by atoms with E-state index < -0.39 is 0 Å². The van der Waals surface area contributed by atoms with Crippen molar-refractivity contribution in [3.8, 4) is 0 Å². The van der Waals surface area contributed by atoms with Crippen LogP contribution in [0.25, 0.3) is 6.08 Å². The van der Waals surface area contributed by atoms with Crippen molar-refractivity contribution >= 4 is 11.9 Å². The van der Waals surface area contributed by atoms with Crippen LogP contribution in [0.1, 0.15) is 81.0 Å². The third kappa shape index (κ3) is 8.45. The highest BCUT2D eigenvalue weighted by Crippen LogP contribution is 2.29. The van der Waals surface area contributed by atoms with E-state index in [9.17, 15) is 4.79 Å². The number of allylic oxidation sites excluding steroid dienone is 1. The molecular formula is C29H41NO. The molecule has 0 aromatic heterocycles. The van der Waals surface area contributed by atoms with Gasteiger partial charge < -0.3 is 4.90 Å². The lowest BCUT2D eigenvalue weighted by molar-refractivity contribution is -0.112. The Morgan fingerprint density at radius 2 is 1.71 bits per heavy atom. The van der Waals surface area contributed by atoms with Gasteiger partial charge in [-0.3, -0.25) is 4.79 Å². The van der Waals surface area contributed by atoms with Crippen LogP contribution in [-0.2, 0) is 4.79 Å². The van der Waals surface area contributed by atoms with Crippen LogP contribution >= 0.6 is 0 Å². The van der Waals surface area contributed by atoms with Crippen molar-refractivity contribution in [1.82, 2.24) is 4.90 Å². The lowest BCUT2D eigenvalue weighted by Gasteiger charge is -2.37. The molecule has 2 nitrogen and oxygen atoms in total. The number of ketones is 1. The van der Waals surface area contributed by atoms with E-state index in [4.69, 9.17) is 0 Å². The van der Waals surface area contributed by atoms with Gasteiger partial charge in [0.05, 0.1) is 0 Å². The molecule has 1 aliphatic heterocycles. The molecule has 3 rings (SSSR count). The van der Waals surface area contributed by atoms with E-state index in [1.807, 2.05) is 12.1 Å². The largest absolute Gasteiger partial charge is 0.300 e. The third-order valence-electron chi connectivity index (χ3n) is 6.45. The van der Waals surface area contributed by atoms with Gasteiger partial charge in [0.2, 0.25) is 0 Å². The highest BCUT2D eigenvalue weighted by Gasteiger charge is 2.24. The lowest BCUT2D eigenvalue weighted by Crippen LogP contribution is -2.40. The molecule has 1 fully saturated rings. The van der Waals surface area contributed by atoms with Crippen molar-refractivity contribution in [2.45, 2.75) is 78.7 Å². The number of rotatable bonds is 7. The molecule has 2 aromatic carbocycles. The maximum absolute atomic E-state index is 10.7. The first kappa shape index (κ1) is 25.1. The molecule has 1 atom stereocenters.